The average molecular weight is 407 g/mol. The smallest absolute Gasteiger partial charge is 0.207 e. The molecule has 0 heterocycles. The summed E-state index contributed by atoms with van der Waals surface area (Å²) < 4.78 is 38.4. The monoisotopic (exact) mass is 407 g/mol. The molecule has 0 bridgehead atoms. The van der Waals surface area contributed by atoms with Crippen molar-refractivity contribution in [1.82, 2.24) is 5.32 Å². The Morgan fingerprint density at radius 3 is 1.83 bits per heavy atom. The van der Waals surface area contributed by atoms with Crippen LogP contribution in [-0.4, -0.2) is 30.8 Å². The molecule has 1 fully saturated rings. The van der Waals surface area contributed by atoms with Gasteiger partial charge in [-0.2, -0.15) is 0 Å². The Hall–Kier alpha value is -2.34. The molecular formula is C23H28F3NO2. The van der Waals surface area contributed by atoms with Gasteiger partial charge in [0, 0.05) is 19.1 Å². The topological polar surface area (TPSA) is 49.3 Å². The van der Waals surface area contributed by atoms with E-state index in [0.717, 1.165) is 24.0 Å². The van der Waals surface area contributed by atoms with Crippen molar-refractivity contribution in [3.63, 3.8) is 0 Å². The number of hydrogen-bond acceptors (Lipinski definition) is 2. The van der Waals surface area contributed by atoms with Crippen molar-refractivity contribution in [2.45, 2.75) is 44.2 Å². The number of alkyl halides is 1. The van der Waals surface area contributed by atoms with Gasteiger partial charge < -0.3 is 10.4 Å². The Balaban J connectivity index is 0.000000278. The number of carbonyl (C=O) groups excluding carboxylic acids is 1. The lowest BCUT2D eigenvalue weighted by Gasteiger charge is -2.21. The third-order valence-electron chi connectivity index (χ3n) is 5.24. The van der Waals surface area contributed by atoms with Gasteiger partial charge >= 0.3 is 0 Å². The summed E-state index contributed by atoms with van der Waals surface area (Å²) in [4.78, 5) is 10.3. The molecule has 1 amide bonds. The van der Waals surface area contributed by atoms with Gasteiger partial charge in [-0.05, 0) is 73.4 Å². The fourth-order valence-electron chi connectivity index (χ4n) is 3.51. The minimum Gasteiger partial charge on any atom is -0.396 e. The number of rotatable bonds is 7. The van der Waals surface area contributed by atoms with Gasteiger partial charge in [0.05, 0.1) is 0 Å². The van der Waals surface area contributed by atoms with Gasteiger partial charge in [-0.25, -0.2) is 13.2 Å². The number of halogens is 3. The third kappa shape index (κ3) is 7.89. The summed E-state index contributed by atoms with van der Waals surface area (Å²) in [5.74, 6) is -0.212. The molecule has 0 unspecified atom stereocenters. The number of aliphatic hydroxyl groups excluding tert-OH is 1. The third-order valence-corrected chi connectivity index (χ3v) is 5.24. The summed E-state index contributed by atoms with van der Waals surface area (Å²) in [6, 6.07) is 12.5. The van der Waals surface area contributed by atoms with Gasteiger partial charge in [-0.3, -0.25) is 4.79 Å². The summed E-state index contributed by atoms with van der Waals surface area (Å²) in [6.07, 6.45) is 3.78. The molecule has 0 saturated heterocycles. The lowest BCUT2D eigenvalue weighted by Crippen LogP contribution is -2.17. The van der Waals surface area contributed by atoms with E-state index in [0.29, 0.717) is 38.1 Å². The first-order chi connectivity index (χ1) is 14.0. The molecule has 1 saturated carbocycles. The Bertz CT molecular complexity index is 668. The molecule has 2 N–H and O–H groups in total. The van der Waals surface area contributed by atoms with Crippen molar-refractivity contribution in [2.75, 3.05) is 13.2 Å². The van der Waals surface area contributed by atoms with Crippen LogP contribution in [0.4, 0.5) is 13.2 Å². The van der Waals surface area contributed by atoms with Crippen LogP contribution in [0.15, 0.2) is 48.5 Å². The molecule has 1 aliphatic carbocycles. The van der Waals surface area contributed by atoms with E-state index in [2.05, 4.69) is 5.32 Å². The van der Waals surface area contributed by atoms with Gasteiger partial charge in [0.25, 0.3) is 0 Å². The maximum Gasteiger partial charge on any atom is 0.207 e. The van der Waals surface area contributed by atoms with Gasteiger partial charge in [0.1, 0.15) is 17.8 Å². The van der Waals surface area contributed by atoms with Gasteiger partial charge in [-0.15, -0.1) is 0 Å². The summed E-state index contributed by atoms with van der Waals surface area (Å²) in [5.41, 5.74) is 1.87. The fraction of sp³-hybridized carbons (Fsp3) is 0.435. The molecule has 0 spiro atoms. The van der Waals surface area contributed by atoms with Gasteiger partial charge in [-0.1, -0.05) is 24.3 Å². The Morgan fingerprint density at radius 1 is 0.931 bits per heavy atom. The lowest BCUT2D eigenvalue weighted by molar-refractivity contribution is -0.109. The second kappa shape index (κ2) is 12.3. The van der Waals surface area contributed by atoms with Crippen molar-refractivity contribution in [2.24, 2.45) is 5.92 Å². The molecule has 6 heteroatoms. The molecule has 0 atom stereocenters. The standard InChI is InChI=1S/C16H15F2NO.C7H13FO/c17-14-5-1-12(2-6-14)16(9-10-19-11-20)13-3-7-15(18)8-4-13;8-7-3-1-6(5-9)2-4-7/h1-8,11,16H,9-10H2,(H,19,20);6-7,9H,1-5H2. The molecule has 0 aromatic heterocycles. The van der Waals surface area contributed by atoms with E-state index < -0.39 is 6.17 Å². The Kier molecular flexibility index (Phi) is 9.71. The quantitative estimate of drug-likeness (QED) is 0.515. The predicted octanol–water partition coefficient (Wildman–Crippen LogP) is 4.74. The highest BCUT2D eigenvalue weighted by atomic mass is 19.1. The van der Waals surface area contributed by atoms with Gasteiger partial charge in [0.2, 0.25) is 6.41 Å². The molecule has 3 rings (SSSR count). The lowest BCUT2D eigenvalue weighted by atomic mass is 9.88. The minimum absolute atomic E-state index is 0.0105. The van der Waals surface area contributed by atoms with E-state index in [1.54, 1.807) is 24.3 Å². The minimum atomic E-state index is -0.590. The average Bonchev–Trinajstić information content (AvgIpc) is 2.74. The Morgan fingerprint density at radius 2 is 1.41 bits per heavy atom. The zero-order valence-corrected chi connectivity index (χ0v) is 16.4. The first kappa shape index (κ1) is 22.9. The SMILES string of the molecule is O=CNCCC(c1ccc(F)cc1)c1ccc(F)cc1.OCC1CCC(F)CC1. The van der Waals surface area contributed by atoms with Crippen LogP contribution >= 0.6 is 0 Å². The molecule has 0 radical (unpaired) electrons. The largest absolute Gasteiger partial charge is 0.396 e. The molecule has 29 heavy (non-hydrogen) atoms. The predicted molar refractivity (Wildman–Crippen MR) is 107 cm³/mol. The van der Waals surface area contributed by atoms with Crippen molar-refractivity contribution < 1.29 is 23.1 Å². The summed E-state index contributed by atoms with van der Waals surface area (Å²) in [7, 11) is 0. The molecule has 3 nitrogen and oxygen atoms in total. The Labute approximate surface area is 170 Å². The second-order valence-electron chi connectivity index (χ2n) is 7.32. The molecule has 1 aliphatic rings. The molecule has 2 aromatic rings. The zero-order chi connectivity index (χ0) is 21.1. The van der Waals surface area contributed by atoms with Crippen molar-refractivity contribution >= 4 is 6.41 Å². The van der Waals surface area contributed by atoms with E-state index >= 15 is 0 Å². The van der Waals surface area contributed by atoms with Crippen LogP contribution in [0.2, 0.25) is 0 Å². The molecule has 158 valence electrons. The van der Waals surface area contributed by atoms with Crippen LogP contribution in [0.5, 0.6) is 0 Å². The number of benzene rings is 2. The van der Waals surface area contributed by atoms with Crippen LogP contribution in [0.1, 0.15) is 49.1 Å². The van der Waals surface area contributed by atoms with Crippen molar-refractivity contribution in [3.8, 4) is 0 Å². The van der Waals surface area contributed by atoms with Crippen LogP contribution in [0.25, 0.3) is 0 Å². The maximum atomic E-state index is 13.0. The highest BCUT2D eigenvalue weighted by Crippen LogP contribution is 2.28. The number of carbonyl (C=O) groups is 1. The first-order valence-electron chi connectivity index (χ1n) is 9.96. The molecular weight excluding hydrogens is 379 g/mol. The van der Waals surface area contributed by atoms with E-state index in [-0.39, 0.29) is 24.2 Å². The summed E-state index contributed by atoms with van der Waals surface area (Å²) >= 11 is 0. The number of aliphatic hydroxyl groups is 1. The summed E-state index contributed by atoms with van der Waals surface area (Å²) in [5, 5.41) is 11.3. The van der Waals surface area contributed by atoms with Crippen LogP contribution in [0, 0.1) is 17.6 Å². The van der Waals surface area contributed by atoms with E-state index in [4.69, 9.17) is 5.11 Å². The normalized spacial score (nSPS) is 18.7. The highest BCUT2D eigenvalue weighted by molar-refractivity contribution is 5.45. The van der Waals surface area contributed by atoms with E-state index in [1.165, 1.54) is 24.3 Å². The maximum absolute atomic E-state index is 13.0. The molecule has 2 aromatic carbocycles. The summed E-state index contributed by atoms with van der Waals surface area (Å²) in [6.45, 7) is 0.746. The fourth-order valence-corrected chi connectivity index (χ4v) is 3.51. The van der Waals surface area contributed by atoms with Crippen LogP contribution < -0.4 is 5.32 Å². The number of nitrogens with one attached hydrogen (secondary N) is 1. The first-order valence-corrected chi connectivity index (χ1v) is 9.96. The number of amides is 1. The van der Waals surface area contributed by atoms with Crippen LogP contribution in [-0.2, 0) is 4.79 Å². The molecule has 0 aliphatic heterocycles. The second-order valence-corrected chi connectivity index (χ2v) is 7.32. The van der Waals surface area contributed by atoms with E-state index in [1.807, 2.05) is 0 Å². The van der Waals surface area contributed by atoms with Crippen LogP contribution in [0.3, 0.4) is 0 Å². The number of hydrogen-bond donors (Lipinski definition) is 2. The van der Waals surface area contributed by atoms with Gasteiger partial charge in [0.15, 0.2) is 0 Å². The van der Waals surface area contributed by atoms with Crippen molar-refractivity contribution in [3.05, 3.63) is 71.3 Å². The highest BCUT2D eigenvalue weighted by Gasteiger charge is 2.19. The van der Waals surface area contributed by atoms with E-state index in [9.17, 15) is 18.0 Å². The van der Waals surface area contributed by atoms with Crippen molar-refractivity contribution in [1.29, 1.82) is 0 Å². The zero-order valence-electron chi connectivity index (χ0n) is 16.4.